The molecule has 4 rings (SSSR count). The molecule has 2 atom stereocenters. The van der Waals surface area contributed by atoms with E-state index in [9.17, 15) is 9.90 Å². The van der Waals surface area contributed by atoms with Gasteiger partial charge in [-0.25, -0.2) is 0 Å². The number of ether oxygens (including phenoxy) is 2. The van der Waals surface area contributed by atoms with Crippen LogP contribution in [0.15, 0.2) is 42.5 Å². The molecule has 0 unspecified atom stereocenters. The van der Waals surface area contributed by atoms with E-state index in [1.807, 2.05) is 36.4 Å². The lowest BCUT2D eigenvalue weighted by atomic mass is 10.1. The third-order valence-electron chi connectivity index (χ3n) is 4.81. The van der Waals surface area contributed by atoms with Crippen LogP contribution in [0.2, 0.25) is 5.02 Å². The number of carbonyl (C=O) groups is 1. The number of nitrogens with zero attached hydrogens (tertiary/aromatic N) is 1. The van der Waals surface area contributed by atoms with Gasteiger partial charge in [0.2, 0.25) is 0 Å². The van der Waals surface area contributed by atoms with E-state index in [2.05, 4.69) is 0 Å². The van der Waals surface area contributed by atoms with Gasteiger partial charge in [0.15, 0.2) is 0 Å². The number of fused-ring (bicyclic) bond motifs is 1. The Morgan fingerprint density at radius 3 is 2.81 bits per heavy atom. The van der Waals surface area contributed by atoms with Crippen LogP contribution < -0.4 is 4.74 Å². The maximum Gasteiger partial charge on any atom is 0.258 e. The molecular formula is C20H20ClNO4. The van der Waals surface area contributed by atoms with E-state index in [1.165, 1.54) is 0 Å². The molecule has 136 valence electrons. The number of rotatable bonds is 4. The Morgan fingerprint density at radius 2 is 2.04 bits per heavy atom. The van der Waals surface area contributed by atoms with Gasteiger partial charge in [-0.05, 0) is 29.3 Å². The van der Waals surface area contributed by atoms with Crippen molar-refractivity contribution in [1.82, 2.24) is 4.90 Å². The Morgan fingerprint density at radius 1 is 1.23 bits per heavy atom. The third kappa shape index (κ3) is 3.43. The normalized spacial score (nSPS) is 22.4. The first-order valence-corrected chi connectivity index (χ1v) is 9.07. The number of aliphatic hydroxyl groups is 1. The van der Waals surface area contributed by atoms with Gasteiger partial charge in [-0.2, -0.15) is 0 Å². The van der Waals surface area contributed by atoms with Crippen LogP contribution in [-0.2, 0) is 17.8 Å². The molecule has 0 saturated carbocycles. The SMILES string of the molecule is O=C1c2c(cccc2O[C@H]2COCC[C@@H]2O)CN1Cc1ccc(Cl)cc1. The maximum atomic E-state index is 12.9. The average molecular weight is 374 g/mol. The second-order valence-electron chi connectivity index (χ2n) is 6.67. The molecule has 5 nitrogen and oxygen atoms in total. The summed E-state index contributed by atoms with van der Waals surface area (Å²) in [5, 5.41) is 10.8. The van der Waals surface area contributed by atoms with Gasteiger partial charge in [0.25, 0.3) is 5.91 Å². The van der Waals surface area contributed by atoms with Crippen molar-refractivity contribution in [3.63, 3.8) is 0 Å². The summed E-state index contributed by atoms with van der Waals surface area (Å²) >= 11 is 5.93. The summed E-state index contributed by atoms with van der Waals surface area (Å²) < 4.78 is 11.3. The van der Waals surface area contributed by atoms with Gasteiger partial charge in [-0.15, -0.1) is 0 Å². The highest BCUT2D eigenvalue weighted by Gasteiger charge is 2.33. The zero-order valence-corrected chi connectivity index (χ0v) is 15.0. The largest absolute Gasteiger partial charge is 0.484 e. The Balaban J connectivity index is 1.53. The molecule has 2 aromatic carbocycles. The molecule has 26 heavy (non-hydrogen) atoms. The van der Waals surface area contributed by atoms with Crippen LogP contribution in [0, 0.1) is 0 Å². The zero-order chi connectivity index (χ0) is 18.1. The minimum Gasteiger partial charge on any atom is -0.484 e. The van der Waals surface area contributed by atoms with E-state index in [4.69, 9.17) is 21.1 Å². The van der Waals surface area contributed by atoms with Gasteiger partial charge < -0.3 is 19.5 Å². The van der Waals surface area contributed by atoms with Gasteiger partial charge in [0.1, 0.15) is 11.9 Å². The summed E-state index contributed by atoms with van der Waals surface area (Å²) in [7, 11) is 0. The molecule has 0 radical (unpaired) electrons. The van der Waals surface area contributed by atoms with Crippen LogP contribution in [0.1, 0.15) is 27.9 Å². The van der Waals surface area contributed by atoms with E-state index in [-0.39, 0.29) is 5.91 Å². The number of carbonyl (C=O) groups excluding carboxylic acids is 1. The van der Waals surface area contributed by atoms with E-state index in [0.717, 1.165) is 11.1 Å². The number of aliphatic hydroxyl groups excluding tert-OH is 1. The van der Waals surface area contributed by atoms with Crippen molar-refractivity contribution < 1.29 is 19.4 Å². The quantitative estimate of drug-likeness (QED) is 0.895. The Kier molecular flexibility index (Phi) is 4.85. The molecule has 0 bridgehead atoms. The van der Waals surface area contributed by atoms with E-state index < -0.39 is 12.2 Å². The summed E-state index contributed by atoms with van der Waals surface area (Å²) in [5.41, 5.74) is 2.54. The Bertz CT molecular complexity index is 808. The van der Waals surface area contributed by atoms with Crippen molar-refractivity contribution in [1.29, 1.82) is 0 Å². The standard InChI is InChI=1S/C20H20ClNO4/c21-15-6-4-13(5-7-15)10-22-11-14-2-1-3-17(19(14)20(22)24)26-18-12-25-9-8-16(18)23/h1-7,16,18,23H,8-12H2/t16-,18-/m0/s1. The predicted octanol–water partition coefficient (Wildman–Crippen LogP) is 3.02. The van der Waals surface area contributed by atoms with Gasteiger partial charge in [-0.3, -0.25) is 4.79 Å². The van der Waals surface area contributed by atoms with E-state index in [1.54, 1.807) is 11.0 Å². The third-order valence-corrected chi connectivity index (χ3v) is 5.06. The lowest BCUT2D eigenvalue weighted by Gasteiger charge is -2.28. The summed E-state index contributed by atoms with van der Waals surface area (Å²) in [4.78, 5) is 14.7. The molecule has 1 fully saturated rings. The minimum absolute atomic E-state index is 0.0585. The molecule has 0 aromatic heterocycles. The van der Waals surface area contributed by atoms with Crippen LogP contribution >= 0.6 is 11.6 Å². The molecule has 2 heterocycles. The highest BCUT2D eigenvalue weighted by molar-refractivity contribution is 6.30. The van der Waals surface area contributed by atoms with Crippen molar-refractivity contribution in [3.05, 3.63) is 64.2 Å². The summed E-state index contributed by atoms with van der Waals surface area (Å²) in [6.07, 6.45) is -0.495. The highest BCUT2D eigenvalue weighted by atomic mass is 35.5. The van der Waals surface area contributed by atoms with Gasteiger partial charge in [0.05, 0.1) is 18.3 Å². The summed E-state index contributed by atoms with van der Waals surface area (Å²) in [5.74, 6) is 0.456. The lowest BCUT2D eigenvalue weighted by Crippen LogP contribution is -2.41. The number of hydrogen-bond donors (Lipinski definition) is 1. The smallest absolute Gasteiger partial charge is 0.258 e. The maximum absolute atomic E-state index is 12.9. The fourth-order valence-electron chi connectivity index (χ4n) is 3.40. The number of amides is 1. The molecular weight excluding hydrogens is 354 g/mol. The number of benzene rings is 2. The molecule has 0 aliphatic carbocycles. The zero-order valence-electron chi connectivity index (χ0n) is 14.2. The second-order valence-corrected chi connectivity index (χ2v) is 7.10. The monoisotopic (exact) mass is 373 g/mol. The minimum atomic E-state index is -0.582. The molecule has 6 heteroatoms. The average Bonchev–Trinajstić information content (AvgIpc) is 2.96. The van der Waals surface area contributed by atoms with Crippen molar-refractivity contribution in [2.75, 3.05) is 13.2 Å². The molecule has 1 saturated heterocycles. The summed E-state index contributed by atoms with van der Waals surface area (Å²) in [6.45, 7) is 1.91. The van der Waals surface area contributed by atoms with Gasteiger partial charge in [-0.1, -0.05) is 35.9 Å². The second kappa shape index (κ2) is 7.27. The van der Waals surface area contributed by atoms with Crippen LogP contribution in [0.3, 0.4) is 0 Å². The fraction of sp³-hybridized carbons (Fsp3) is 0.350. The molecule has 2 aliphatic heterocycles. The van der Waals surface area contributed by atoms with Crippen LogP contribution in [0.4, 0.5) is 0 Å². The summed E-state index contributed by atoms with van der Waals surface area (Å²) in [6, 6.07) is 13.1. The Labute approximate surface area is 157 Å². The molecule has 1 amide bonds. The van der Waals surface area contributed by atoms with Crippen LogP contribution in [0.25, 0.3) is 0 Å². The van der Waals surface area contributed by atoms with E-state index >= 15 is 0 Å². The van der Waals surface area contributed by atoms with Crippen molar-refractivity contribution in [2.45, 2.75) is 31.7 Å². The van der Waals surface area contributed by atoms with Crippen molar-refractivity contribution in [3.8, 4) is 5.75 Å². The number of hydrogen-bond acceptors (Lipinski definition) is 4. The molecule has 0 spiro atoms. The molecule has 1 N–H and O–H groups in total. The number of halogens is 1. The van der Waals surface area contributed by atoms with E-state index in [0.29, 0.717) is 49.1 Å². The van der Waals surface area contributed by atoms with Gasteiger partial charge >= 0.3 is 0 Å². The lowest BCUT2D eigenvalue weighted by molar-refractivity contribution is -0.0736. The topological polar surface area (TPSA) is 59.0 Å². The first-order valence-electron chi connectivity index (χ1n) is 8.70. The predicted molar refractivity (Wildman–Crippen MR) is 97.3 cm³/mol. The fourth-order valence-corrected chi connectivity index (χ4v) is 3.52. The highest BCUT2D eigenvalue weighted by Crippen LogP contribution is 2.33. The van der Waals surface area contributed by atoms with Crippen LogP contribution in [0.5, 0.6) is 5.75 Å². The van der Waals surface area contributed by atoms with Gasteiger partial charge in [0, 0.05) is 31.1 Å². The first-order chi connectivity index (χ1) is 12.6. The Hall–Kier alpha value is -2.08. The molecule has 2 aromatic rings. The molecule has 2 aliphatic rings. The van der Waals surface area contributed by atoms with Crippen molar-refractivity contribution >= 4 is 17.5 Å². The van der Waals surface area contributed by atoms with Crippen molar-refractivity contribution in [2.24, 2.45) is 0 Å². The van der Waals surface area contributed by atoms with Crippen LogP contribution in [-0.4, -0.2) is 41.3 Å². The first kappa shape index (κ1) is 17.3.